The number of hydrogen-bond acceptors (Lipinski definition) is 9. The van der Waals surface area contributed by atoms with Crippen molar-refractivity contribution in [3.05, 3.63) is 130 Å². The lowest BCUT2D eigenvalue weighted by Gasteiger charge is -2.41. The first-order valence-corrected chi connectivity index (χ1v) is 21.4. The molecule has 13 nitrogen and oxygen atoms in total. The number of carbonyl (C=O) groups is 3. The van der Waals surface area contributed by atoms with E-state index in [1.807, 2.05) is 23.1 Å². The third-order valence-electron chi connectivity index (χ3n) is 12.8. The number of nitrogens with zero attached hydrogens (tertiary/aromatic N) is 6. The van der Waals surface area contributed by atoms with Crippen molar-refractivity contribution in [3.8, 4) is 34.6 Å². The highest BCUT2D eigenvalue weighted by Crippen LogP contribution is 2.38. The molecule has 1 fully saturated rings. The number of aromatic nitrogens is 1. The third-order valence-corrected chi connectivity index (χ3v) is 12.8. The van der Waals surface area contributed by atoms with Gasteiger partial charge in [-0.05, 0) is 109 Å². The quantitative estimate of drug-likeness (QED) is 0.179. The van der Waals surface area contributed by atoms with Gasteiger partial charge in [-0.25, -0.2) is 4.79 Å². The van der Waals surface area contributed by atoms with E-state index in [0.717, 1.165) is 72.4 Å². The van der Waals surface area contributed by atoms with Crippen molar-refractivity contribution < 1.29 is 33.7 Å². The second kappa shape index (κ2) is 17.4. The van der Waals surface area contributed by atoms with Crippen LogP contribution in [0, 0.1) is 11.3 Å². The molecule has 3 amide bonds. The van der Waals surface area contributed by atoms with Gasteiger partial charge in [0.2, 0.25) is 0 Å². The topological polar surface area (TPSA) is 141 Å². The van der Waals surface area contributed by atoms with Crippen LogP contribution < -0.4 is 14.4 Å². The number of benzene rings is 4. The van der Waals surface area contributed by atoms with E-state index in [1.165, 1.54) is 18.7 Å². The van der Waals surface area contributed by atoms with Crippen molar-refractivity contribution in [1.29, 1.82) is 5.26 Å². The maximum absolute atomic E-state index is 15.6. The van der Waals surface area contributed by atoms with Crippen molar-refractivity contribution in [1.82, 2.24) is 19.3 Å². The molecule has 0 aliphatic carbocycles. The summed E-state index contributed by atoms with van der Waals surface area (Å²) < 4.78 is 19.2. The van der Waals surface area contributed by atoms with E-state index < -0.39 is 6.09 Å². The molecule has 0 unspecified atom stereocenters. The summed E-state index contributed by atoms with van der Waals surface area (Å²) in [5.41, 5.74) is 8.94. The van der Waals surface area contributed by atoms with Crippen LogP contribution in [0.4, 0.5) is 10.5 Å². The van der Waals surface area contributed by atoms with Gasteiger partial charge in [0.25, 0.3) is 11.8 Å². The lowest BCUT2D eigenvalue weighted by atomic mass is 9.89. The lowest BCUT2D eigenvalue weighted by molar-refractivity contribution is 0.0193. The van der Waals surface area contributed by atoms with Gasteiger partial charge in [0, 0.05) is 93.2 Å². The van der Waals surface area contributed by atoms with Crippen LogP contribution >= 0.6 is 0 Å². The molecule has 1 atom stereocenters. The maximum atomic E-state index is 15.6. The second-order valence-corrected chi connectivity index (χ2v) is 16.5. The normalized spacial score (nSPS) is 17.3. The van der Waals surface area contributed by atoms with Crippen LogP contribution in [0.5, 0.6) is 17.2 Å². The first-order chi connectivity index (χ1) is 30.2. The summed E-state index contributed by atoms with van der Waals surface area (Å²) in [5, 5.41) is 19.3. The van der Waals surface area contributed by atoms with Gasteiger partial charge in [0.05, 0.1) is 37.5 Å². The SMILES string of the molecule is COc1cc(C#N)ccc1OC(=O)N1CCc2cc(-c3cc(C(=O)N(C)c4ccc(O)cc4)c4n3CCCC4)c(C(=O)N3Cc4ccccc4C[C@H]3CN3CCOCC3)cc2C1. The number of carbonyl (C=O) groups excluding carboxylic acids is 3. The fourth-order valence-corrected chi connectivity index (χ4v) is 9.42. The van der Waals surface area contributed by atoms with Gasteiger partial charge in [-0.2, -0.15) is 5.26 Å². The first kappa shape index (κ1) is 40.8. The summed E-state index contributed by atoms with van der Waals surface area (Å²) in [7, 11) is 3.20. The van der Waals surface area contributed by atoms with E-state index in [4.69, 9.17) is 14.2 Å². The molecule has 4 aliphatic heterocycles. The molecular weight excluding hydrogens is 785 g/mol. The van der Waals surface area contributed by atoms with Gasteiger partial charge < -0.3 is 38.6 Å². The van der Waals surface area contributed by atoms with Crippen LogP contribution in [-0.4, -0.2) is 102 Å². The van der Waals surface area contributed by atoms with Crippen LogP contribution in [0.15, 0.2) is 84.9 Å². The number of phenolic OH excluding ortho intramolecular Hbond substituents is 1. The van der Waals surface area contributed by atoms with E-state index in [9.17, 15) is 20.0 Å². The minimum absolute atomic E-state index is 0.0920. The standard InChI is InChI=1S/C49H50N6O7/c1-51(37-11-13-39(56)14-12-37)47(57)42-27-44(54-17-6-5-9-43(42)54)40-25-34-16-18-53(49(59)62-45-15-10-32(28-50)23-46(45)60-2)29-36(34)26-41(40)48(58)55-30-35-8-4-3-7-33(35)24-38(55)31-52-19-21-61-22-20-52/h3-4,7-8,10-15,23,25-27,38,56H,5-6,9,16-22,24,29-31H2,1-2H3/t38-/m0/s1. The Labute approximate surface area is 361 Å². The molecule has 0 radical (unpaired) electrons. The Kier molecular flexibility index (Phi) is 11.4. The number of amides is 3. The van der Waals surface area contributed by atoms with Crippen molar-refractivity contribution in [3.63, 3.8) is 0 Å². The minimum atomic E-state index is -0.560. The van der Waals surface area contributed by atoms with Gasteiger partial charge in [-0.1, -0.05) is 24.3 Å². The highest BCUT2D eigenvalue weighted by atomic mass is 16.6. The van der Waals surface area contributed by atoms with Crippen LogP contribution in [-0.2, 0) is 43.6 Å². The molecule has 1 saturated heterocycles. The number of phenols is 1. The molecule has 62 heavy (non-hydrogen) atoms. The van der Waals surface area contributed by atoms with E-state index in [1.54, 1.807) is 53.2 Å². The minimum Gasteiger partial charge on any atom is -0.508 e. The number of ether oxygens (including phenoxy) is 3. The van der Waals surface area contributed by atoms with E-state index in [2.05, 4.69) is 39.8 Å². The fourth-order valence-electron chi connectivity index (χ4n) is 9.42. The number of morpholine rings is 1. The fraction of sp³-hybridized carbons (Fsp3) is 0.347. The summed E-state index contributed by atoms with van der Waals surface area (Å²) in [6.07, 6.45) is 3.30. The van der Waals surface area contributed by atoms with Crippen LogP contribution in [0.3, 0.4) is 0 Å². The van der Waals surface area contributed by atoms with Gasteiger partial charge in [0.1, 0.15) is 5.75 Å². The van der Waals surface area contributed by atoms with E-state index in [-0.39, 0.29) is 41.6 Å². The lowest BCUT2D eigenvalue weighted by Crippen LogP contribution is -2.52. The van der Waals surface area contributed by atoms with Crippen LogP contribution in [0.1, 0.15) is 67.1 Å². The Morgan fingerprint density at radius 1 is 0.839 bits per heavy atom. The maximum Gasteiger partial charge on any atom is 0.415 e. The zero-order valence-corrected chi connectivity index (χ0v) is 35.1. The largest absolute Gasteiger partial charge is 0.508 e. The number of anilines is 1. The van der Waals surface area contributed by atoms with Crippen LogP contribution in [0.25, 0.3) is 11.3 Å². The van der Waals surface area contributed by atoms with Gasteiger partial charge in [-0.15, -0.1) is 0 Å². The molecule has 9 rings (SSSR count). The average molecular weight is 835 g/mol. The molecule has 1 aromatic heterocycles. The zero-order chi connectivity index (χ0) is 42.9. The Morgan fingerprint density at radius 2 is 1.63 bits per heavy atom. The van der Waals surface area contributed by atoms with Crippen LogP contribution in [0.2, 0.25) is 0 Å². The Morgan fingerprint density at radius 3 is 2.40 bits per heavy atom. The summed E-state index contributed by atoms with van der Waals surface area (Å²) in [5.74, 6) is 0.357. The Bertz CT molecular complexity index is 2570. The van der Waals surface area contributed by atoms with Gasteiger partial charge in [0.15, 0.2) is 11.5 Å². The molecular formula is C49H50N6O7. The molecule has 0 saturated carbocycles. The molecule has 4 aliphatic rings. The molecule has 1 N–H and O–H groups in total. The second-order valence-electron chi connectivity index (χ2n) is 16.5. The van der Waals surface area contributed by atoms with Crippen molar-refractivity contribution in [2.24, 2.45) is 0 Å². The van der Waals surface area contributed by atoms with Crippen molar-refractivity contribution >= 4 is 23.6 Å². The monoisotopic (exact) mass is 834 g/mol. The van der Waals surface area contributed by atoms with Crippen molar-refractivity contribution in [2.75, 3.05) is 58.5 Å². The zero-order valence-electron chi connectivity index (χ0n) is 35.1. The first-order valence-electron chi connectivity index (χ1n) is 21.4. The van der Waals surface area contributed by atoms with Gasteiger partial charge >= 0.3 is 6.09 Å². The summed E-state index contributed by atoms with van der Waals surface area (Å²) in [6.45, 7) is 5.41. The Balaban J connectivity index is 1.12. The number of rotatable bonds is 8. The molecule has 13 heteroatoms. The smallest absolute Gasteiger partial charge is 0.415 e. The summed E-state index contributed by atoms with van der Waals surface area (Å²) in [6, 6.07) is 27.6. The predicted molar refractivity (Wildman–Crippen MR) is 233 cm³/mol. The van der Waals surface area contributed by atoms with Gasteiger partial charge in [-0.3, -0.25) is 14.5 Å². The average Bonchev–Trinajstić information content (AvgIpc) is 3.70. The molecule has 5 heterocycles. The number of fused-ring (bicyclic) bond motifs is 3. The summed E-state index contributed by atoms with van der Waals surface area (Å²) in [4.78, 5) is 51.4. The molecule has 0 spiro atoms. The highest BCUT2D eigenvalue weighted by molar-refractivity contribution is 6.08. The number of methoxy groups -OCH3 is 1. The molecule has 0 bridgehead atoms. The molecule has 4 aromatic carbocycles. The number of nitriles is 1. The predicted octanol–water partition coefficient (Wildman–Crippen LogP) is 6.81. The number of aromatic hydroxyl groups is 1. The van der Waals surface area contributed by atoms with Crippen molar-refractivity contribution in [2.45, 2.75) is 57.8 Å². The highest BCUT2D eigenvalue weighted by Gasteiger charge is 2.36. The summed E-state index contributed by atoms with van der Waals surface area (Å²) >= 11 is 0. The Hall–Kier alpha value is -6.62. The molecule has 5 aromatic rings. The third kappa shape index (κ3) is 7.99. The number of hydrogen-bond donors (Lipinski definition) is 1. The van der Waals surface area contributed by atoms with E-state index >= 15 is 4.79 Å². The molecule has 318 valence electrons. The van der Waals surface area contributed by atoms with E-state index in [0.29, 0.717) is 68.2 Å².